The summed E-state index contributed by atoms with van der Waals surface area (Å²) in [5.74, 6) is -0.216. The maximum absolute atomic E-state index is 12.6. The van der Waals surface area contributed by atoms with Crippen LogP contribution in [0.15, 0.2) is 29.6 Å². The van der Waals surface area contributed by atoms with Crippen LogP contribution in [-0.2, 0) is 6.42 Å². The number of nitrogens with zero attached hydrogens (tertiary/aromatic N) is 1. The highest BCUT2D eigenvalue weighted by Gasteiger charge is 2.00. The van der Waals surface area contributed by atoms with E-state index >= 15 is 0 Å². The molecule has 2 rings (SSSR count). The van der Waals surface area contributed by atoms with Gasteiger partial charge in [-0.05, 0) is 17.7 Å². The number of anilines is 1. The van der Waals surface area contributed by atoms with E-state index in [9.17, 15) is 4.39 Å². The summed E-state index contributed by atoms with van der Waals surface area (Å²) in [5.41, 5.74) is 7.47. The van der Waals surface area contributed by atoms with E-state index in [4.69, 9.17) is 5.73 Å². The average Bonchev–Trinajstić information content (AvgIpc) is 2.56. The number of nitrogen functional groups attached to an aromatic ring is 1. The Kier molecular flexibility index (Phi) is 4.05. The monoisotopic (exact) mass is 244 g/mol. The molecule has 1 aromatic carbocycles. The van der Waals surface area contributed by atoms with E-state index in [-0.39, 0.29) is 18.2 Å². The molecule has 0 atom stereocenters. The van der Waals surface area contributed by atoms with Crippen molar-refractivity contribution in [3.63, 3.8) is 0 Å². The summed E-state index contributed by atoms with van der Waals surface area (Å²) in [6, 6.07) is 6.41. The quantitative estimate of drug-likeness (QED) is 0.882. The highest BCUT2D eigenvalue weighted by atomic mass is 35.5. The number of rotatable bonds is 2. The molecule has 0 fully saturated rings. The van der Waals surface area contributed by atoms with E-state index in [0.717, 1.165) is 11.3 Å². The van der Waals surface area contributed by atoms with Gasteiger partial charge in [0, 0.05) is 11.8 Å². The van der Waals surface area contributed by atoms with Crippen LogP contribution in [0.5, 0.6) is 0 Å². The second-order valence-electron chi connectivity index (χ2n) is 2.98. The van der Waals surface area contributed by atoms with Gasteiger partial charge in [-0.3, -0.25) is 0 Å². The Balaban J connectivity index is 0.00000112. The van der Waals surface area contributed by atoms with Gasteiger partial charge in [0.2, 0.25) is 0 Å². The molecule has 0 aliphatic heterocycles. The van der Waals surface area contributed by atoms with E-state index < -0.39 is 0 Å². The van der Waals surface area contributed by atoms with Crippen LogP contribution in [0.1, 0.15) is 11.3 Å². The first-order chi connectivity index (χ1) is 6.74. The summed E-state index contributed by atoms with van der Waals surface area (Å²) in [7, 11) is 0. The van der Waals surface area contributed by atoms with E-state index in [1.807, 2.05) is 5.38 Å². The van der Waals surface area contributed by atoms with Crippen molar-refractivity contribution in [2.24, 2.45) is 0 Å². The number of hydrogen-bond acceptors (Lipinski definition) is 3. The van der Waals surface area contributed by atoms with Gasteiger partial charge in [0.1, 0.15) is 5.82 Å². The van der Waals surface area contributed by atoms with Crippen LogP contribution in [0, 0.1) is 5.82 Å². The first-order valence-corrected chi connectivity index (χ1v) is 5.06. The zero-order chi connectivity index (χ0) is 9.97. The van der Waals surface area contributed by atoms with Gasteiger partial charge in [0.05, 0.1) is 5.69 Å². The maximum atomic E-state index is 12.6. The highest BCUT2D eigenvalue weighted by Crippen LogP contribution is 2.15. The molecule has 0 radical (unpaired) electrons. The Labute approximate surface area is 97.4 Å². The van der Waals surface area contributed by atoms with Gasteiger partial charge in [0.25, 0.3) is 0 Å². The Morgan fingerprint density at radius 3 is 2.47 bits per heavy atom. The third-order valence-electron chi connectivity index (χ3n) is 1.87. The molecule has 0 saturated heterocycles. The van der Waals surface area contributed by atoms with Crippen molar-refractivity contribution in [1.29, 1.82) is 0 Å². The van der Waals surface area contributed by atoms with Gasteiger partial charge in [-0.25, -0.2) is 9.37 Å². The molecular weight excluding hydrogens is 235 g/mol. The minimum Gasteiger partial charge on any atom is -0.375 e. The Morgan fingerprint density at radius 2 is 1.93 bits per heavy atom. The summed E-state index contributed by atoms with van der Waals surface area (Å²) < 4.78 is 12.6. The lowest BCUT2D eigenvalue weighted by atomic mass is 10.1. The fourth-order valence-corrected chi connectivity index (χ4v) is 1.78. The average molecular weight is 245 g/mol. The number of benzene rings is 1. The Morgan fingerprint density at radius 1 is 1.27 bits per heavy atom. The summed E-state index contributed by atoms with van der Waals surface area (Å²) in [4.78, 5) is 4.13. The number of halogens is 2. The topological polar surface area (TPSA) is 38.9 Å². The summed E-state index contributed by atoms with van der Waals surface area (Å²) in [5, 5.41) is 2.49. The fraction of sp³-hybridized carbons (Fsp3) is 0.100. The third kappa shape index (κ3) is 3.18. The first kappa shape index (κ1) is 11.9. The van der Waals surface area contributed by atoms with Crippen molar-refractivity contribution in [3.8, 4) is 0 Å². The predicted molar refractivity (Wildman–Crippen MR) is 63.0 cm³/mol. The second kappa shape index (κ2) is 5.09. The lowest BCUT2D eigenvalue weighted by Crippen LogP contribution is -1.90. The van der Waals surface area contributed by atoms with Crippen molar-refractivity contribution >= 4 is 28.9 Å². The van der Waals surface area contributed by atoms with Gasteiger partial charge in [-0.2, -0.15) is 0 Å². The molecule has 2 N–H and O–H groups in total. The SMILES string of the molecule is Cl.Nc1nc(Cc2ccc(F)cc2)cs1. The normalized spacial score (nSPS) is 9.67. The number of hydrogen-bond donors (Lipinski definition) is 1. The molecule has 0 amide bonds. The molecule has 2 aromatic rings. The zero-order valence-electron chi connectivity index (χ0n) is 7.81. The molecule has 0 aliphatic carbocycles. The van der Waals surface area contributed by atoms with Gasteiger partial charge in [-0.15, -0.1) is 23.7 Å². The largest absolute Gasteiger partial charge is 0.375 e. The van der Waals surface area contributed by atoms with Gasteiger partial charge < -0.3 is 5.73 Å². The number of thiazole rings is 1. The van der Waals surface area contributed by atoms with Crippen molar-refractivity contribution in [3.05, 3.63) is 46.7 Å². The van der Waals surface area contributed by atoms with Crippen LogP contribution < -0.4 is 5.73 Å². The lowest BCUT2D eigenvalue weighted by Gasteiger charge is -1.97. The molecule has 15 heavy (non-hydrogen) atoms. The van der Waals surface area contributed by atoms with Crippen LogP contribution in [-0.4, -0.2) is 4.98 Å². The first-order valence-electron chi connectivity index (χ1n) is 4.18. The summed E-state index contributed by atoms with van der Waals surface area (Å²) >= 11 is 1.42. The molecule has 80 valence electrons. The highest BCUT2D eigenvalue weighted by molar-refractivity contribution is 7.13. The van der Waals surface area contributed by atoms with Crippen molar-refractivity contribution in [2.75, 3.05) is 5.73 Å². The molecule has 1 heterocycles. The van der Waals surface area contributed by atoms with Crippen LogP contribution in [0.25, 0.3) is 0 Å². The lowest BCUT2D eigenvalue weighted by molar-refractivity contribution is 0.627. The molecular formula is C10H10ClFN2S. The van der Waals surface area contributed by atoms with Crippen LogP contribution in [0.3, 0.4) is 0 Å². The number of nitrogens with two attached hydrogens (primary N) is 1. The zero-order valence-corrected chi connectivity index (χ0v) is 9.45. The molecule has 1 aromatic heterocycles. The van der Waals surface area contributed by atoms with Crippen LogP contribution >= 0.6 is 23.7 Å². The summed E-state index contributed by atoms with van der Waals surface area (Å²) in [6.07, 6.45) is 0.702. The van der Waals surface area contributed by atoms with Crippen molar-refractivity contribution in [1.82, 2.24) is 4.98 Å². The minimum atomic E-state index is -0.216. The molecule has 0 bridgehead atoms. The minimum absolute atomic E-state index is 0. The van der Waals surface area contributed by atoms with E-state index in [1.165, 1.54) is 23.5 Å². The van der Waals surface area contributed by atoms with Crippen LogP contribution in [0.2, 0.25) is 0 Å². The predicted octanol–water partition coefficient (Wildman–Crippen LogP) is 2.88. The van der Waals surface area contributed by atoms with Crippen LogP contribution in [0.4, 0.5) is 9.52 Å². The smallest absolute Gasteiger partial charge is 0.180 e. The summed E-state index contributed by atoms with van der Waals surface area (Å²) in [6.45, 7) is 0. The van der Waals surface area contributed by atoms with Gasteiger partial charge in [-0.1, -0.05) is 12.1 Å². The number of aromatic nitrogens is 1. The Bertz CT molecular complexity index is 427. The van der Waals surface area contributed by atoms with Gasteiger partial charge >= 0.3 is 0 Å². The van der Waals surface area contributed by atoms with E-state index in [0.29, 0.717) is 11.6 Å². The van der Waals surface area contributed by atoms with Crippen molar-refractivity contribution in [2.45, 2.75) is 6.42 Å². The molecule has 0 spiro atoms. The van der Waals surface area contributed by atoms with E-state index in [1.54, 1.807) is 12.1 Å². The molecule has 0 aliphatic rings. The van der Waals surface area contributed by atoms with Crippen molar-refractivity contribution < 1.29 is 4.39 Å². The molecule has 2 nitrogen and oxygen atoms in total. The Hall–Kier alpha value is -1.13. The molecule has 0 saturated carbocycles. The fourth-order valence-electron chi connectivity index (χ4n) is 1.22. The van der Waals surface area contributed by atoms with E-state index in [2.05, 4.69) is 4.98 Å². The molecule has 0 unspecified atom stereocenters. The second-order valence-corrected chi connectivity index (χ2v) is 3.87. The molecule has 5 heteroatoms. The van der Waals surface area contributed by atoms with Gasteiger partial charge in [0.15, 0.2) is 5.13 Å². The standard InChI is InChI=1S/C10H9FN2S.ClH/c11-8-3-1-7(2-4-8)5-9-6-14-10(12)13-9;/h1-4,6H,5H2,(H2,12,13);1H. The third-order valence-corrected chi connectivity index (χ3v) is 2.59. The maximum Gasteiger partial charge on any atom is 0.180 e.